The first-order chi connectivity index (χ1) is 9.19. The van der Waals surface area contributed by atoms with Crippen molar-refractivity contribution in [2.24, 2.45) is 11.7 Å². The van der Waals surface area contributed by atoms with E-state index in [0.717, 1.165) is 12.0 Å². The van der Waals surface area contributed by atoms with E-state index in [1.807, 2.05) is 37.3 Å². The van der Waals surface area contributed by atoms with E-state index >= 15 is 0 Å². The Morgan fingerprint density at radius 1 is 1.37 bits per heavy atom. The number of aliphatic hydroxyl groups excluding tert-OH is 1. The van der Waals surface area contributed by atoms with Crippen molar-refractivity contribution < 1.29 is 9.90 Å². The molecule has 2 atom stereocenters. The van der Waals surface area contributed by atoms with Gasteiger partial charge in [0.05, 0.1) is 12.6 Å². The fourth-order valence-corrected chi connectivity index (χ4v) is 2.00. The molecule has 1 rings (SSSR count). The predicted molar refractivity (Wildman–Crippen MR) is 76.6 cm³/mol. The van der Waals surface area contributed by atoms with Crippen molar-refractivity contribution >= 4 is 5.91 Å². The Kier molecular flexibility index (Phi) is 7.15. The second-order valence-corrected chi connectivity index (χ2v) is 4.85. The molecule has 1 amide bonds. The Hall–Kier alpha value is -1.39. The van der Waals surface area contributed by atoms with E-state index in [0.29, 0.717) is 19.4 Å². The van der Waals surface area contributed by atoms with Crippen molar-refractivity contribution in [3.63, 3.8) is 0 Å². The smallest absolute Gasteiger partial charge is 0.220 e. The SMILES string of the molecule is CCC(CN)CC(=O)NC(CO)Cc1ccccc1. The van der Waals surface area contributed by atoms with Crippen molar-refractivity contribution in [2.45, 2.75) is 32.2 Å². The lowest BCUT2D eigenvalue weighted by molar-refractivity contribution is -0.123. The molecule has 0 radical (unpaired) electrons. The van der Waals surface area contributed by atoms with Crippen LogP contribution in [0.25, 0.3) is 0 Å². The number of carbonyl (C=O) groups excluding carboxylic acids is 1. The average Bonchev–Trinajstić information content (AvgIpc) is 2.45. The number of nitrogens with one attached hydrogen (secondary N) is 1. The highest BCUT2D eigenvalue weighted by molar-refractivity contribution is 5.76. The molecule has 4 N–H and O–H groups in total. The average molecular weight is 264 g/mol. The van der Waals surface area contributed by atoms with Crippen LogP contribution in [-0.4, -0.2) is 30.2 Å². The van der Waals surface area contributed by atoms with Gasteiger partial charge in [0.15, 0.2) is 0 Å². The first kappa shape index (κ1) is 15.7. The third-order valence-electron chi connectivity index (χ3n) is 3.30. The normalized spacial score (nSPS) is 13.8. The highest BCUT2D eigenvalue weighted by Crippen LogP contribution is 2.07. The zero-order chi connectivity index (χ0) is 14.1. The molecule has 0 saturated heterocycles. The lowest BCUT2D eigenvalue weighted by Gasteiger charge is -2.18. The Morgan fingerprint density at radius 2 is 2.05 bits per heavy atom. The molecule has 0 aliphatic carbocycles. The van der Waals surface area contributed by atoms with E-state index in [1.54, 1.807) is 0 Å². The maximum absolute atomic E-state index is 11.9. The van der Waals surface area contributed by atoms with E-state index in [4.69, 9.17) is 5.73 Å². The Labute approximate surface area is 115 Å². The predicted octanol–water partition coefficient (Wildman–Crippen LogP) is 1.08. The molecule has 0 saturated carbocycles. The maximum Gasteiger partial charge on any atom is 0.220 e. The van der Waals surface area contributed by atoms with Gasteiger partial charge in [-0.2, -0.15) is 0 Å². The summed E-state index contributed by atoms with van der Waals surface area (Å²) in [6.45, 7) is 2.49. The van der Waals surface area contributed by atoms with Crippen molar-refractivity contribution in [3.05, 3.63) is 35.9 Å². The summed E-state index contributed by atoms with van der Waals surface area (Å²) in [5.74, 6) is 0.184. The molecule has 0 aromatic heterocycles. The highest BCUT2D eigenvalue weighted by Gasteiger charge is 2.15. The van der Waals surface area contributed by atoms with Crippen molar-refractivity contribution in [1.82, 2.24) is 5.32 Å². The molecule has 2 unspecified atom stereocenters. The van der Waals surface area contributed by atoms with E-state index in [-0.39, 0.29) is 24.5 Å². The number of aliphatic hydroxyl groups is 1. The van der Waals surface area contributed by atoms with Gasteiger partial charge >= 0.3 is 0 Å². The maximum atomic E-state index is 11.9. The van der Waals surface area contributed by atoms with Gasteiger partial charge in [-0.05, 0) is 24.4 Å². The molecule has 0 spiro atoms. The van der Waals surface area contributed by atoms with Crippen LogP contribution in [0.2, 0.25) is 0 Å². The highest BCUT2D eigenvalue weighted by atomic mass is 16.3. The van der Waals surface area contributed by atoms with Crippen LogP contribution in [0.5, 0.6) is 0 Å². The van der Waals surface area contributed by atoms with Gasteiger partial charge in [0, 0.05) is 6.42 Å². The van der Waals surface area contributed by atoms with E-state index in [1.165, 1.54) is 0 Å². The number of nitrogens with two attached hydrogens (primary N) is 1. The number of carbonyl (C=O) groups is 1. The van der Waals surface area contributed by atoms with Crippen LogP contribution in [0.1, 0.15) is 25.3 Å². The first-order valence-electron chi connectivity index (χ1n) is 6.83. The molecule has 0 aliphatic heterocycles. The third-order valence-corrected chi connectivity index (χ3v) is 3.30. The minimum Gasteiger partial charge on any atom is -0.394 e. The molecule has 0 heterocycles. The molecule has 4 nitrogen and oxygen atoms in total. The molecule has 4 heteroatoms. The molecule has 1 aromatic rings. The fraction of sp³-hybridized carbons (Fsp3) is 0.533. The summed E-state index contributed by atoms with van der Waals surface area (Å²) >= 11 is 0. The van der Waals surface area contributed by atoms with Crippen molar-refractivity contribution in [2.75, 3.05) is 13.2 Å². The number of hydrogen-bond donors (Lipinski definition) is 3. The molecule has 0 fully saturated rings. The van der Waals surface area contributed by atoms with Gasteiger partial charge in [0.2, 0.25) is 5.91 Å². The number of benzene rings is 1. The molecular weight excluding hydrogens is 240 g/mol. The topological polar surface area (TPSA) is 75.4 Å². The van der Waals surface area contributed by atoms with E-state index < -0.39 is 0 Å². The fourth-order valence-electron chi connectivity index (χ4n) is 2.00. The quantitative estimate of drug-likeness (QED) is 0.657. The summed E-state index contributed by atoms with van der Waals surface area (Å²) in [5, 5.41) is 12.2. The van der Waals surface area contributed by atoms with Crippen LogP contribution in [0.3, 0.4) is 0 Å². The third kappa shape index (κ3) is 5.85. The van der Waals surface area contributed by atoms with Gasteiger partial charge in [-0.1, -0.05) is 43.7 Å². The Bertz CT molecular complexity index is 364. The van der Waals surface area contributed by atoms with Crippen molar-refractivity contribution in [1.29, 1.82) is 0 Å². The number of amides is 1. The zero-order valence-corrected chi connectivity index (χ0v) is 11.5. The number of hydrogen-bond acceptors (Lipinski definition) is 3. The minimum atomic E-state index is -0.231. The van der Waals surface area contributed by atoms with Gasteiger partial charge in [-0.3, -0.25) is 4.79 Å². The van der Waals surface area contributed by atoms with Gasteiger partial charge in [0.25, 0.3) is 0 Å². The summed E-state index contributed by atoms with van der Waals surface area (Å²) in [4.78, 5) is 11.9. The van der Waals surface area contributed by atoms with Gasteiger partial charge < -0.3 is 16.2 Å². The van der Waals surface area contributed by atoms with Crippen LogP contribution in [0, 0.1) is 5.92 Å². The largest absolute Gasteiger partial charge is 0.394 e. The van der Waals surface area contributed by atoms with Crippen LogP contribution < -0.4 is 11.1 Å². The standard InChI is InChI=1S/C15H24N2O2/c1-2-12(10-16)9-15(19)17-14(11-18)8-13-6-4-3-5-7-13/h3-7,12,14,18H,2,8-11,16H2,1H3,(H,17,19). The summed E-state index contributed by atoms with van der Waals surface area (Å²) < 4.78 is 0. The van der Waals surface area contributed by atoms with Crippen LogP contribution in [0.15, 0.2) is 30.3 Å². The monoisotopic (exact) mass is 264 g/mol. The lowest BCUT2D eigenvalue weighted by atomic mass is 10.0. The first-order valence-corrected chi connectivity index (χ1v) is 6.83. The van der Waals surface area contributed by atoms with E-state index in [9.17, 15) is 9.90 Å². The Balaban J connectivity index is 2.46. The second kappa shape index (κ2) is 8.67. The molecule has 0 aliphatic rings. The summed E-state index contributed by atoms with van der Waals surface area (Å²) in [6, 6.07) is 9.60. The minimum absolute atomic E-state index is 0.0349. The van der Waals surface area contributed by atoms with Gasteiger partial charge in [-0.15, -0.1) is 0 Å². The van der Waals surface area contributed by atoms with Gasteiger partial charge in [-0.25, -0.2) is 0 Å². The molecular formula is C15H24N2O2. The zero-order valence-electron chi connectivity index (χ0n) is 11.5. The summed E-state index contributed by atoms with van der Waals surface area (Å²) in [7, 11) is 0. The van der Waals surface area contributed by atoms with Crippen LogP contribution in [-0.2, 0) is 11.2 Å². The van der Waals surface area contributed by atoms with Crippen LogP contribution >= 0.6 is 0 Å². The van der Waals surface area contributed by atoms with Crippen molar-refractivity contribution in [3.8, 4) is 0 Å². The summed E-state index contributed by atoms with van der Waals surface area (Å²) in [5.41, 5.74) is 6.69. The van der Waals surface area contributed by atoms with Gasteiger partial charge in [0.1, 0.15) is 0 Å². The molecule has 0 bridgehead atoms. The molecule has 106 valence electrons. The number of rotatable bonds is 8. The van der Waals surface area contributed by atoms with E-state index in [2.05, 4.69) is 5.32 Å². The molecule has 19 heavy (non-hydrogen) atoms. The van der Waals surface area contributed by atoms with Crippen LogP contribution in [0.4, 0.5) is 0 Å². The summed E-state index contributed by atoms with van der Waals surface area (Å²) in [6.07, 6.45) is 1.97. The molecule has 1 aromatic carbocycles. The Morgan fingerprint density at radius 3 is 2.58 bits per heavy atom. The second-order valence-electron chi connectivity index (χ2n) is 4.85. The lowest BCUT2D eigenvalue weighted by Crippen LogP contribution is -2.40.